The number of aromatic nitrogens is 3. The third-order valence-electron chi connectivity index (χ3n) is 5.64. The van der Waals surface area contributed by atoms with Crippen LogP contribution in [0.15, 0.2) is 39.9 Å². The Balaban J connectivity index is 1.58. The summed E-state index contributed by atoms with van der Waals surface area (Å²) in [5, 5.41) is 5.68. The number of benzene rings is 1. The molecule has 4 rings (SSSR count). The Labute approximate surface area is 196 Å². The van der Waals surface area contributed by atoms with Gasteiger partial charge in [0.05, 0.1) is 12.2 Å². The number of aryl methyl sites for hydroxylation is 1. The minimum Gasteiger partial charge on any atom is -0.406 e. The zero-order valence-corrected chi connectivity index (χ0v) is 19.0. The van der Waals surface area contributed by atoms with E-state index >= 15 is 0 Å². The van der Waals surface area contributed by atoms with Crippen molar-refractivity contribution in [1.82, 2.24) is 14.1 Å². The molecular weight excluding hydrogens is 469 g/mol. The second-order valence-corrected chi connectivity index (χ2v) is 8.10. The average Bonchev–Trinajstić information content (AvgIpc) is 3.35. The van der Waals surface area contributed by atoms with Gasteiger partial charge in [0, 0.05) is 38.9 Å². The number of carbonyl (C=O) groups is 1. The van der Waals surface area contributed by atoms with E-state index in [0.29, 0.717) is 11.5 Å². The molecule has 0 aliphatic carbocycles. The van der Waals surface area contributed by atoms with Crippen LogP contribution < -0.4 is 31.5 Å². The SMILES string of the molecule is Cn1c(=O)c2c(NCC(=O)Nc3ccc(OC(F)(F)F)cc3)cc(N3CCCC3)nc2n(C)c1=O. The molecule has 10 nitrogen and oxygen atoms in total. The predicted molar refractivity (Wildman–Crippen MR) is 124 cm³/mol. The Morgan fingerprint density at radius 1 is 1.09 bits per heavy atom. The minimum absolute atomic E-state index is 0.166. The van der Waals surface area contributed by atoms with Gasteiger partial charge >= 0.3 is 12.1 Å². The summed E-state index contributed by atoms with van der Waals surface area (Å²) < 4.78 is 43.0. The molecule has 1 aromatic carbocycles. The number of alkyl halides is 3. The van der Waals surface area contributed by atoms with E-state index in [9.17, 15) is 27.6 Å². The summed E-state index contributed by atoms with van der Waals surface area (Å²) >= 11 is 0. The van der Waals surface area contributed by atoms with Gasteiger partial charge in [-0.25, -0.2) is 9.78 Å². The van der Waals surface area contributed by atoms with Crippen molar-refractivity contribution in [1.29, 1.82) is 0 Å². The molecule has 1 aliphatic rings. The van der Waals surface area contributed by atoms with E-state index in [0.717, 1.165) is 42.6 Å². The number of nitrogens with one attached hydrogen (secondary N) is 2. The van der Waals surface area contributed by atoms with Crippen molar-refractivity contribution in [3.8, 4) is 5.75 Å². The zero-order chi connectivity index (χ0) is 25.3. The number of nitrogens with zero attached hydrogens (tertiary/aromatic N) is 4. The number of fused-ring (bicyclic) bond motifs is 1. The molecule has 3 heterocycles. The molecule has 0 bridgehead atoms. The fraction of sp³-hybridized carbons (Fsp3) is 0.364. The van der Waals surface area contributed by atoms with Gasteiger partial charge in [-0.05, 0) is 37.1 Å². The van der Waals surface area contributed by atoms with Gasteiger partial charge in [0.15, 0.2) is 5.65 Å². The quantitative estimate of drug-likeness (QED) is 0.543. The normalized spacial score (nSPS) is 13.8. The molecule has 1 fully saturated rings. The molecule has 0 atom stereocenters. The second kappa shape index (κ2) is 9.31. The lowest BCUT2D eigenvalue weighted by Gasteiger charge is -2.20. The highest BCUT2D eigenvalue weighted by Crippen LogP contribution is 2.27. The van der Waals surface area contributed by atoms with Gasteiger partial charge in [-0.3, -0.25) is 18.7 Å². The number of pyridine rings is 1. The molecule has 3 aromatic rings. The highest BCUT2D eigenvalue weighted by Gasteiger charge is 2.31. The fourth-order valence-corrected chi connectivity index (χ4v) is 3.91. The number of rotatable bonds is 6. The first-order chi connectivity index (χ1) is 16.5. The minimum atomic E-state index is -4.81. The fourth-order valence-electron chi connectivity index (χ4n) is 3.91. The van der Waals surface area contributed by atoms with Crippen molar-refractivity contribution in [3.63, 3.8) is 0 Å². The van der Waals surface area contributed by atoms with Crippen LogP contribution in [0.2, 0.25) is 0 Å². The monoisotopic (exact) mass is 492 g/mol. The number of amides is 1. The number of ether oxygens (including phenoxy) is 1. The van der Waals surface area contributed by atoms with Gasteiger partial charge in [-0.1, -0.05) is 0 Å². The standard InChI is InChI=1S/C22H23F3N6O4/c1-29-19-18(20(33)30(2)21(29)34)15(11-16(28-19)31-9-3-4-10-31)26-12-17(32)27-13-5-7-14(8-6-13)35-22(23,24)25/h5-8,11H,3-4,9-10,12H2,1-2H3,(H,26,28)(H,27,32). The number of halogens is 3. The Bertz CT molecular complexity index is 1380. The van der Waals surface area contributed by atoms with E-state index in [1.165, 1.54) is 30.8 Å². The molecular formula is C22H23F3N6O4. The molecule has 1 aliphatic heterocycles. The molecule has 13 heteroatoms. The van der Waals surface area contributed by atoms with Gasteiger partial charge in [0.25, 0.3) is 5.56 Å². The van der Waals surface area contributed by atoms with Gasteiger partial charge in [-0.2, -0.15) is 0 Å². The Morgan fingerprint density at radius 3 is 2.37 bits per heavy atom. The second-order valence-electron chi connectivity index (χ2n) is 8.10. The van der Waals surface area contributed by atoms with Gasteiger partial charge in [0.1, 0.15) is 17.0 Å². The van der Waals surface area contributed by atoms with Crippen molar-refractivity contribution >= 4 is 34.1 Å². The van der Waals surface area contributed by atoms with Crippen molar-refractivity contribution < 1.29 is 22.7 Å². The lowest BCUT2D eigenvalue weighted by atomic mass is 10.2. The van der Waals surface area contributed by atoms with Crippen LogP contribution in [0.5, 0.6) is 5.75 Å². The van der Waals surface area contributed by atoms with Crippen LogP contribution in [0.25, 0.3) is 11.0 Å². The summed E-state index contributed by atoms with van der Waals surface area (Å²) in [5.74, 6) is -0.321. The number of hydrogen-bond donors (Lipinski definition) is 2. The van der Waals surface area contributed by atoms with E-state index in [1.54, 1.807) is 6.07 Å². The molecule has 0 spiro atoms. The zero-order valence-electron chi connectivity index (χ0n) is 19.0. The number of carbonyl (C=O) groups excluding carboxylic acids is 1. The van der Waals surface area contributed by atoms with Crippen LogP contribution >= 0.6 is 0 Å². The van der Waals surface area contributed by atoms with Crippen molar-refractivity contribution in [2.75, 3.05) is 35.2 Å². The number of hydrogen-bond acceptors (Lipinski definition) is 7. The maximum Gasteiger partial charge on any atom is 0.573 e. The molecule has 0 saturated carbocycles. The van der Waals surface area contributed by atoms with Crippen LogP contribution in [-0.4, -0.2) is 46.0 Å². The summed E-state index contributed by atoms with van der Waals surface area (Å²) in [4.78, 5) is 44.4. The molecule has 0 radical (unpaired) electrons. The summed E-state index contributed by atoms with van der Waals surface area (Å²) in [5.41, 5.74) is -0.258. The van der Waals surface area contributed by atoms with Crippen molar-refractivity contribution in [3.05, 3.63) is 51.2 Å². The molecule has 35 heavy (non-hydrogen) atoms. The van der Waals surface area contributed by atoms with Crippen molar-refractivity contribution in [2.45, 2.75) is 19.2 Å². The van der Waals surface area contributed by atoms with E-state index in [-0.39, 0.29) is 23.3 Å². The van der Waals surface area contributed by atoms with Gasteiger partial charge in [0.2, 0.25) is 5.91 Å². The van der Waals surface area contributed by atoms with Crippen LogP contribution in [-0.2, 0) is 18.9 Å². The van der Waals surface area contributed by atoms with Gasteiger partial charge in [-0.15, -0.1) is 13.2 Å². The predicted octanol–water partition coefficient (Wildman–Crippen LogP) is 2.18. The molecule has 1 amide bonds. The molecule has 0 unspecified atom stereocenters. The van der Waals surface area contributed by atoms with Crippen LogP contribution in [0.4, 0.5) is 30.4 Å². The van der Waals surface area contributed by atoms with E-state index in [1.807, 2.05) is 4.90 Å². The third kappa shape index (κ3) is 5.23. The van der Waals surface area contributed by atoms with Gasteiger partial charge < -0.3 is 20.3 Å². The Kier molecular flexibility index (Phi) is 6.41. The highest BCUT2D eigenvalue weighted by molar-refractivity contribution is 5.96. The molecule has 186 valence electrons. The Morgan fingerprint density at radius 2 is 1.74 bits per heavy atom. The maximum absolute atomic E-state index is 12.9. The van der Waals surface area contributed by atoms with E-state index < -0.39 is 29.3 Å². The summed E-state index contributed by atoms with van der Waals surface area (Å²) in [6.45, 7) is 1.32. The lowest BCUT2D eigenvalue weighted by Crippen LogP contribution is -2.38. The summed E-state index contributed by atoms with van der Waals surface area (Å²) in [6.07, 6.45) is -2.82. The van der Waals surface area contributed by atoms with Crippen molar-refractivity contribution in [2.24, 2.45) is 14.1 Å². The first-order valence-electron chi connectivity index (χ1n) is 10.8. The molecule has 2 N–H and O–H groups in total. The maximum atomic E-state index is 12.9. The van der Waals surface area contributed by atoms with E-state index in [4.69, 9.17) is 0 Å². The third-order valence-corrected chi connectivity index (χ3v) is 5.64. The highest BCUT2D eigenvalue weighted by atomic mass is 19.4. The molecule has 2 aromatic heterocycles. The largest absolute Gasteiger partial charge is 0.573 e. The van der Waals surface area contributed by atoms with Crippen LogP contribution in [0, 0.1) is 0 Å². The average molecular weight is 492 g/mol. The number of anilines is 3. The Hall–Kier alpha value is -4.03. The first kappa shape index (κ1) is 24.1. The van der Waals surface area contributed by atoms with Crippen LogP contribution in [0.1, 0.15) is 12.8 Å². The molecule has 1 saturated heterocycles. The van der Waals surface area contributed by atoms with Crippen LogP contribution in [0.3, 0.4) is 0 Å². The lowest BCUT2D eigenvalue weighted by molar-refractivity contribution is -0.274. The topological polar surface area (TPSA) is 110 Å². The summed E-state index contributed by atoms with van der Waals surface area (Å²) in [6, 6.07) is 6.39. The summed E-state index contributed by atoms with van der Waals surface area (Å²) in [7, 11) is 2.88. The smallest absolute Gasteiger partial charge is 0.406 e. The first-order valence-corrected chi connectivity index (χ1v) is 10.8. The van der Waals surface area contributed by atoms with E-state index in [2.05, 4.69) is 20.4 Å².